The lowest BCUT2D eigenvalue weighted by Crippen LogP contribution is -2.39. The van der Waals surface area contributed by atoms with Gasteiger partial charge in [0, 0.05) is 37.9 Å². The summed E-state index contributed by atoms with van der Waals surface area (Å²) in [5.41, 5.74) is 0.744. The molecule has 5 heteroatoms. The molecule has 0 atom stereocenters. The minimum absolute atomic E-state index is 0.0897. The molecule has 1 aromatic heterocycles. The van der Waals surface area contributed by atoms with E-state index in [1.807, 2.05) is 17.2 Å². The Bertz CT molecular complexity index is 760. The summed E-state index contributed by atoms with van der Waals surface area (Å²) in [4.78, 5) is 19.0. The van der Waals surface area contributed by atoms with E-state index in [9.17, 15) is 9.18 Å². The third-order valence-electron chi connectivity index (χ3n) is 5.88. The first-order valence-corrected chi connectivity index (χ1v) is 9.72. The van der Waals surface area contributed by atoms with Crippen molar-refractivity contribution in [2.75, 3.05) is 13.1 Å². The fourth-order valence-corrected chi connectivity index (χ4v) is 4.11. The van der Waals surface area contributed by atoms with E-state index < -0.39 is 0 Å². The Labute approximate surface area is 154 Å². The van der Waals surface area contributed by atoms with E-state index in [0.717, 1.165) is 44.0 Å². The molecular weight excluding hydrogens is 329 g/mol. The third kappa shape index (κ3) is 3.81. The highest BCUT2D eigenvalue weighted by Gasteiger charge is 2.27. The molecule has 1 aromatic carbocycles. The maximum absolute atomic E-state index is 13.3. The molecule has 1 saturated carbocycles. The molecular formula is C21H26FN3O. The van der Waals surface area contributed by atoms with Crippen molar-refractivity contribution in [2.45, 2.75) is 51.0 Å². The number of benzene rings is 1. The van der Waals surface area contributed by atoms with E-state index in [1.54, 1.807) is 6.07 Å². The third-order valence-corrected chi connectivity index (χ3v) is 5.88. The van der Waals surface area contributed by atoms with Crippen LogP contribution in [0.2, 0.25) is 0 Å². The van der Waals surface area contributed by atoms with Gasteiger partial charge in [-0.25, -0.2) is 9.37 Å². The fraction of sp³-hybridized carbons (Fsp3) is 0.524. The number of halogens is 1. The fourth-order valence-electron chi connectivity index (χ4n) is 4.11. The Morgan fingerprint density at radius 1 is 1.19 bits per heavy atom. The van der Waals surface area contributed by atoms with E-state index in [1.165, 1.54) is 37.2 Å². The van der Waals surface area contributed by atoms with Crippen molar-refractivity contribution < 1.29 is 9.18 Å². The van der Waals surface area contributed by atoms with Crippen LogP contribution in [0.25, 0.3) is 0 Å². The number of hydrogen-bond acceptors (Lipinski definition) is 2. The summed E-state index contributed by atoms with van der Waals surface area (Å²) in [6.45, 7) is 2.61. The second kappa shape index (κ2) is 7.60. The number of piperidine rings is 1. The number of amides is 1. The van der Waals surface area contributed by atoms with Gasteiger partial charge in [-0.05, 0) is 49.3 Å². The Morgan fingerprint density at radius 3 is 2.69 bits per heavy atom. The Morgan fingerprint density at radius 2 is 2.00 bits per heavy atom. The molecule has 2 fully saturated rings. The molecule has 138 valence electrons. The number of imidazole rings is 1. The van der Waals surface area contributed by atoms with Crippen LogP contribution in [0.4, 0.5) is 4.39 Å². The maximum atomic E-state index is 13.3. The molecule has 0 spiro atoms. The highest BCUT2D eigenvalue weighted by molar-refractivity contribution is 5.78. The van der Waals surface area contributed by atoms with Gasteiger partial charge < -0.3 is 9.47 Å². The molecule has 26 heavy (non-hydrogen) atoms. The van der Waals surface area contributed by atoms with Crippen LogP contribution in [-0.4, -0.2) is 33.4 Å². The van der Waals surface area contributed by atoms with Crippen LogP contribution >= 0.6 is 0 Å². The second-order valence-electron chi connectivity index (χ2n) is 7.70. The zero-order valence-corrected chi connectivity index (χ0v) is 15.1. The second-order valence-corrected chi connectivity index (χ2v) is 7.70. The molecule has 2 aliphatic rings. The topological polar surface area (TPSA) is 38.1 Å². The normalized spacial score (nSPS) is 18.7. The summed E-state index contributed by atoms with van der Waals surface area (Å²) in [5.74, 6) is 2.24. The number of nitrogens with zero attached hydrogens (tertiary/aromatic N) is 3. The summed E-state index contributed by atoms with van der Waals surface area (Å²) in [6, 6.07) is 6.32. The summed E-state index contributed by atoms with van der Waals surface area (Å²) in [6.07, 6.45) is 10.2. The quantitative estimate of drug-likeness (QED) is 0.819. The van der Waals surface area contributed by atoms with Gasteiger partial charge in [-0.3, -0.25) is 4.79 Å². The standard InChI is InChI=1S/C21H26FN3O/c22-19-6-2-5-17(13-19)14-20(26)24-10-7-18(8-11-24)21-23-9-12-25(21)15-16-3-1-4-16/h2,5-6,9,12-13,16,18H,1,3-4,7-8,10-11,14-15H2. The zero-order chi connectivity index (χ0) is 17.9. The van der Waals surface area contributed by atoms with Crippen LogP contribution in [0.5, 0.6) is 0 Å². The highest BCUT2D eigenvalue weighted by Crippen LogP contribution is 2.31. The van der Waals surface area contributed by atoms with Gasteiger partial charge in [-0.2, -0.15) is 0 Å². The van der Waals surface area contributed by atoms with Crippen molar-refractivity contribution in [3.8, 4) is 0 Å². The van der Waals surface area contributed by atoms with Crippen LogP contribution in [-0.2, 0) is 17.8 Å². The smallest absolute Gasteiger partial charge is 0.226 e. The van der Waals surface area contributed by atoms with Crippen molar-refractivity contribution in [3.05, 3.63) is 53.9 Å². The van der Waals surface area contributed by atoms with Crippen molar-refractivity contribution >= 4 is 5.91 Å². The van der Waals surface area contributed by atoms with Crippen LogP contribution in [0.1, 0.15) is 49.4 Å². The SMILES string of the molecule is O=C(Cc1cccc(F)c1)N1CCC(c2nccn2CC2CCC2)CC1. The van der Waals surface area contributed by atoms with Crippen LogP contribution in [0, 0.1) is 11.7 Å². The van der Waals surface area contributed by atoms with Crippen molar-refractivity contribution in [2.24, 2.45) is 5.92 Å². The lowest BCUT2D eigenvalue weighted by Gasteiger charge is -2.33. The number of likely N-dealkylation sites (tertiary alicyclic amines) is 1. The molecule has 0 unspecified atom stereocenters. The largest absolute Gasteiger partial charge is 0.342 e. The van der Waals surface area contributed by atoms with E-state index in [-0.39, 0.29) is 18.1 Å². The van der Waals surface area contributed by atoms with Crippen LogP contribution in [0.15, 0.2) is 36.7 Å². The zero-order valence-electron chi connectivity index (χ0n) is 15.1. The lowest BCUT2D eigenvalue weighted by atomic mass is 9.85. The van der Waals surface area contributed by atoms with Gasteiger partial charge in [0.1, 0.15) is 11.6 Å². The first-order chi connectivity index (χ1) is 12.7. The molecule has 4 nitrogen and oxygen atoms in total. The van der Waals surface area contributed by atoms with E-state index in [0.29, 0.717) is 5.92 Å². The van der Waals surface area contributed by atoms with Crippen molar-refractivity contribution in [1.82, 2.24) is 14.5 Å². The molecule has 2 heterocycles. The molecule has 0 N–H and O–H groups in total. The number of carbonyl (C=O) groups excluding carboxylic acids is 1. The lowest BCUT2D eigenvalue weighted by molar-refractivity contribution is -0.131. The molecule has 4 rings (SSSR count). The number of hydrogen-bond donors (Lipinski definition) is 0. The monoisotopic (exact) mass is 355 g/mol. The highest BCUT2D eigenvalue weighted by atomic mass is 19.1. The first-order valence-electron chi connectivity index (χ1n) is 9.72. The summed E-state index contributed by atoms with van der Waals surface area (Å²) in [7, 11) is 0. The molecule has 1 aliphatic carbocycles. The van der Waals surface area contributed by atoms with Gasteiger partial charge >= 0.3 is 0 Å². The van der Waals surface area contributed by atoms with Crippen molar-refractivity contribution in [3.63, 3.8) is 0 Å². The molecule has 1 aliphatic heterocycles. The first kappa shape index (κ1) is 17.3. The van der Waals surface area contributed by atoms with E-state index in [2.05, 4.69) is 15.7 Å². The van der Waals surface area contributed by atoms with Gasteiger partial charge in [0.05, 0.1) is 6.42 Å². The summed E-state index contributed by atoms with van der Waals surface area (Å²) < 4.78 is 15.6. The molecule has 2 aromatic rings. The Hall–Kier alpha value is -2.17. The molecule has 0 bridgehead atoms. The molecule has 1 amide bonds. The molecule has 0 radical (unpaired) electrons. The minimum atomic E-state index is -0.285. The van der Waals surface area contributed by atoms with Gasteiger partial charge in [-0.15, -0.1) is 0 Å². The average Bonchev–Trinajstić information content (AvgIpc) is 3.06. The number of rotatable bonds is 5. The average molecular weight is 355 g/mol. The summed E-state index contributed by atoms with van der Waals surface area (Å²) in [5, 5.41) is 0. The Kier molecular flexibility index (Phi) is 5.05. The predicted molar refractivity (Wildman–Crippen MR) is 98.2 cm³/mol. The number of carbonyl (C=O) groups is 1. The molecule has 1 saturated heterocycles. The van der Waals surface area contributed by atoms with E-state index in [4.69, 9.17) is 0 Å². The predicted octanol–water partition coefficient (Wildman–Crippen LogP) is 3.77. The summed E-state index contributed by atoms with van der Waals surface area (Å²) >= 11 is 0. The Balaban J connectivity index is 1.32. The van der Waals surface area contributed by atoms with Crippen LogP contribution < -0.4 is 0 Å². The van der Waals surface area contributed by atoms with E-state index >= 15 is 0 Å². The van der Waals surface area contributed by atoms with Gasteiger partial charge in [0.25, 0.3) is 0 Å². The van der Waals surface area contributed by atoms with Crippen LogP contribution in [0.3, 0.4) is 0 Å². The van der Waals surface area contributed by atoms with Gasteiger partial charge in [0.15, 0.2) is 0 Å². The minimum Gasteiger partial charge on any atom is -0.342 e. The number of aromatic nitrogens is 2. The maximum Gasteiger partial charge on any atom is 0.226 e. The van der Waals surface area contributed by atoms with Gasteiger partial charge in [-0.1, -0.05) is 18.6 Å². The van der Waals surface area contributed by atoms with Gasteiger partial charge in [0.2, 0.25) is 5.91 Å². The van der Waals surface area contributed by atoms with Crippen molar-refractivity contribution in [1.29, 1.82) is 0 Å².